The van der Waals surface area contributed by atoms with Crippen LogP contribution in [0.1, 0.15) is 16.1 Å². The standard InChI is InChI=1S/C8H7N3O/c1-6-2-7(4-12)3-8-9-5-10-11(6)8/h2-5H,1H3. The second-order valence-corrected chi connectivity index (χ2v) is 2.58. The lowest BCUT2D eigenvalue weighted by molar-refractivity contribution is 0.112. The van der Waals surface area contributed by atoms with E-state index in [1.165, 1.54) is 6.33 Å². The van der Waals surface area contributed by atoms with Crippen LogP contribution in [0.2, 0.25) is 0 Å². The molecule has 0 aromatic carbocycles. The van der Waals surface area contributed by atoms with E-state index in [-0.39, 0.29) is 0 Å². The average molecular weight is 161 g/mol. The van der Waals surface area contributed by atoms with Crippen molar-refractivity contribution in [3.8, 4) is 0 Å². The molecule has 0 radical (unpaired) electrons. The number of aldehydes is 1. The number of hydrogen-bond acceptors (Lipinski definition) is 3. The molecule has 2 heterocycles. The lowest BCUT2D eigenvalue weighted by Crippen LogP contribution is -1.95. The van der Waals surface area contributed by atoms with E-state index in [9.17, 15) is 4.79 Å². The number of carbonyl (C=O) groups excluding carboxylic acids is 1. The van der Waals surface area contributed by atoms with Crippen LogP contribution in [0.5, 0.6) is 0 Å². The van der Waals surface area contributed by atoms with Gasteiger partial charge in [-0.25, -0.2) is 9.50 Å². The first-order valence-corrected chi connectivity index (χ1v) is 3.57. The molecule has 4 heteroatoms. The van der Waals surface area contributed by atoms with E-state index >= 15 is 0 Å². The molecule has 12 heavy (non-hydrogen) atoms. The van der Waals surface area contributed by atoms with E-state index in [2.05, 4.69) is 10.1 Å². The number of pyridine rings is 1. The van der Waals surface area contributed by atoms with Crippen molar-refractivity contribution in [3.05, 3.63) is 29.7 Å². The monoisotopic (exact) mass is 161 g/mol. The van der Waals surface area contributed by atoms with Crippen LogP contribution in [0.25, 0.3) is 5.65 Å². The average Bonchev–Trinajstić information content (AvgIpc) is 2.52. The van der Waals surface area contributed by atoms with Gasteiger partial charge in [0.2, 0.25) is 0 Å². The lowest BCUT2D eigenvalue weighted by Gasteiger charge is -1.97. The van der Waals surface area contributed by atoms with Crippen molar-refractivity contribution in [2.75, 3.05) is 0 Å². The molecule has 0 atom stereocenters. The van der Waals surface area contributed by atoms with Gasteiger partial charge < -0.3 is 0 Å². The highest BCUT2D eigenvalue weighted by Crippen LogP contribution is 2.05. The number of rotatable bonds is 1. The van der Waals surface area contributed by atoms with Crippen molar-refractivity contribution >= 4 is 11.9 Å². The molecule has 2 rings (SSSR count). The molecule has 0 aliphatic rings. The summed E-state index contributed by atoms with van der Waals surface area (Å²) < 4.78 is 1.69. The lowest BCUT2D eigenvalue weighted by atomic mass is 10.2. The predicted octanol–water partition coefficient (Wildman–Crippen LogP) is 0.850. The largest absolute Gasteiger partial charge is 0.298 e. The van der Waals surface area contributed by atoms with Gasteiger partial charge in [0.1, 0.15) is 12.6 Å². The number of fused-ring (bicyclic) bond motifs is 1. The first-order chi connectivity index (χ1) is 5.81. The molecule has 2 aromatic rings. The third kappa shape index (κ3) is 0.887. The Kier molecular flexibility index (Phi) is 1.40. The van der Waals surface area contributed by atoms with Crippen LogP contribution in [-0.2, 0) is 0 Å². The van der Waals surface area contributed by atoms with Gasteiger partial charge >= 0.3 is 0 Å². The zero-order valence-corrected chi connectivity index (χ0v) is 6.56. The summed E-state index contributed by atoms with van der Waals surface area (Å²) in [7, 11) is 0. The zero-order chi connectivity index (χ0) is 8.55. The molecule has 0 unspecified atom stereocenters. The molecular formula is C8H7N3O. The van der Waals surface area contributed by atoms with Crippen LogP contribution in [0.15, 0.2) is 18.5 Å². The molecule has 0 fully saturated rings. The number of carbonyl (C=O) groups is 1. The van der Waals surface area contributed by atoms with Gasteiger partial charge in [0.05, 0.1) is 0 Å². The molecule has 4 nitrogen and oxygen atoms in total. The highest BCUT2D eigenvalue weighted by atomic mass is 16.1. The van der Waals surface area contributed by atoms with Crippen LogP contribution in [0.4, 0.5) is 0 Å². The smallest absolute Gasteiger partial charge is 0.156 e. The summed E-state index contributed by atoms with van der Waals surface area (Å²) in [5.74, 6) is 0. The van der Waals surface area contributed by atoms with Crippen LogP contribution >= 0.6 is 0 Å². The summed E-state index contributed by atoms with van der Waals surface area (Å²) in [6.07, 6.45) is 2.28. The minimum Gasteiger partial charge on any atom is -0.298 e. The summed E-state index contributed by atoms with van der Waals surface area (Å²) in [6, 6.07) is 3.47. The van der Waals surface area contributed by atoms with Crippen LogP contribution < -0.4 is 0 Å². The molecular weight excluding hydrogens is 154 g/mol. The quantitative estimate of drug-likeness (QED) is 0.582. The van der Waals surface area contributed by atoms with Gasteiger partial charge in [-0.05, 0) is 19.1 Å². The maximum atomic E-state index is 10.5. The van der Waals surface area contributed by atoms with Crippen molar-refractivity contribution in [1.82, 2.24) is 14.6 Å². The van der Waals surface area contributed by atoms with Gasteiger partial charge in [-0.1, -0.05) is 0 Å². The fourth-order valence-electron chi connectivity index (χ4n) is 1.18. The zero-order valence-electron chi connectivity index (χ0n) is 6.56. The minimum atomic E-state index is 0.632. The molecule has 2 aromatic heterocycles. The Morgan fingerprint density at radius 3 is 3.08 bits per heavy atom. The van der Waals surface area contributed by atoms with Crippen molar-refractivity contribution < 1.29 is 4.79 Å². The molecule has 60 valence electrons. The van der Waals surface area contributed by atoms with Crippen molar-refractivity contribution in [1.29, 1.82) is 0 Å². The van der Waals surface area contributed by atoms with E-state index < -0.39 is 0 Å². The third-order valence-corrected chi connectivity index (χ3v) is 1.72. The Balaban J connectivity index is 2.83. The molecule has 0 saturated heterocycles. The van der Waals surface area contributed by atoms with Crippen LogP contribution in [0.3, 0.4) is 0 Å². The first-order valence-electron chi connectivity index (χ1n) is 3.57. The number of aromatic nitrogens is 3. The van der Waals surface area contributed by atoms with Crippen LogP contribution in [0, 0.1) is 6.92 Å². The Morgan fingerprint density at radius 1 is 1.50 bits per heavy atom. The van der Waals surface area contributed by atoms with Crippen molar-refractivity contribution in [2.24, 2.45) is 0 Å². The second-order valence-electron chi connectivity index (χ2n) is 2.58. The van der Waals surface area contributed by atoms with Gasteiger partial charge in [0.15, 0.2) is 5.65 Å². The van der Waals surface area contributed by atoms with E-state index in [1.807, 2.05) is 6.92 Å². The number of aryl methyl sites for hydroxylation is 1. The van der Waals surface area contributed by atoms with Crippen LogP contribution in [-0.4, -0.2) is 20.9 Å². The normalized spacial score (nSPS) is 10.4. The molecule has 0 N–H and O–H groups in total. The summed E-state index contributed by atoms with van der Waals surface area (Å²) in [6.45, 7) is 1.88. The van der Waals surface area contributed by atoms with Gasteiger partial charge in [-0.2, -0.15) is 5.10 Å². The Morgan fingerprint density at radius 2 is 2.33 bits per heavy atom. The van der Waals surface area contributed by atoms with E-state index in [1.54, 1.807) is 16.6 Å². The van der Waals surface area contributed by atoms with E-state index in [0.29, 0.717) is 11.2 Å². The Labute approximate surface area is 68.8 Å². The molecule has 0 aliphatic carbocycles. The van der Waals surface area contributed by atoms with Gasteiger partial charge in [-0.3, -0.25) is 4.79 Å². The summed E-state index contributed by atoms with van der Waals surface area (Å²) in [5, 5.41) is 3.98. The topological polar surface area (TPSA) is 47.3 Å². The molecule has 0 spiro atoms. The summed E-state index contributed by atoms with van der Waals surface area (Å²) in [4.78, 5) is 14.4. The van der Waals surface area contributed by atoms with E-state index in [4.69, 9.17) is 0 Å². The number of nitrogens with zero attached hydrogens (tertiary/aromatic N) is 3. The van der Waals surface area contributed by atoms with Gasteiger partial charge in [0, 0.05) is 11.3 Å². The third-order valence-electron chi connectivity index (χ3n) is 1.72. The Bertz CT molecular complexity index is 433. The fraction of sp³-hybridized carbons (Fsp3) is 0.125. The summed E-state index contributed by atoms with van der Waals surface area (Å²) >= 11 is 0. The summed E-state index contributed by atoms with van der Waals surface area (Å²) in [5.41, 5.74) is 2.25. The molecule has 0 amide bonds. The van der Waals surface area contributed by atoms with Gasteiger partial charge in [-0.15, -0.1) is 0 Å². The maximum Gasteiger partial charge on any atom is 0.156 e. The SMILES string of the molecule is Cc1cc(C=O)cc2ncnn12. The van der Waals surface area contributed by atoms with Crippen molar-refractivity contribution in [2.45, 2.75) is 6.92 Å². The minimum absolute atomic E-state index is 0.632. The number of hydrogen-bond donors (Lipinski definition) is 0. The predicted molar refractivity (Wildman–Crippen MR) is 43.1 cm³/mol. The van der Waals surface area contributed by atoms with Crippen molar-refractivity contribution in [3.63, 3.8) is 0 Å². The fourth-order valence-corrected chi connectivity index (χ4v) is 1.18. The second kappa shape index (κ2) is 2.41. The first kappa shape index (κ1) is 6.97. The molecule has 0 aliphatic heterocycles. The highest BCUT2D eigenvalue weighted by molar-refractivity contribution is 5.76. The Hall–Kier alpha value is -1.71. The van der Waals surface area contributed by atoms with E-state index in [0.717, 1.165) is 12.0 Å². The maximum absolute atomic E-state index is 10.5. The van der Waals surface area contributed by atoms with Gasteiger partial charge in [0.25, 0.3) is 0 Å². The highest BCUT2D eigenvalue weighted by Gasteiger charge is 2.00. The molecule has 0 bridgehead atoms. The molecule has 0 saturated carbocycles.